The van der Waals surface area contributed by atoms with Crippen molar-refractivity contribution >= 4 is 77.1 Å². The van der Waals surface area contributed by atoms with Crippen LogP contribution in [0.5, 0.6) is 0 Å². The van der Waals surface area contributed by atoms with E-state index in [0.29, 0.717) is 18.5 Å². The molecule has 0 aliphatic carbocycles. The van der Waals surface area contributed by atoms with Gasteiger partial charge in [0.1, 0.15) is 48.3 Å². The fourth-order valence-electron chi connectivity index (χ4n) is 8.24. The van der Waals surface area contributed by atoms with Crippen LogP contribution < -0.4 is 71.2 Å². The first kappa shape index (κ1) is 67.0. The highest BCUT2D eigenvalue weighted by Gasteiger charge is 2.39. The number of carboxylic acid groups (broad SMARTS) is 2. The van der Waals surface area contributed by atoms with E-state index in [1.165, 1.54) is 17.4 Å². The molecule has 0 bridgehead atoms. The predicted molar refractivity (Wildman–Crippen MR) is 280 cm³/mol. The SMILES string of the molecule is CC(C)C[C@H](NC(=O)[C@H](Cc1cnc[nH]1)NC(=O)[C@H](CCC(N)=O)NC(=O)[C@H](CCCN=C(N)N)NC(=O)[C@H](CC(=O)O)NC(=O)[C@H](CCCNC(N)=O)NC(=O)[C@H](CO)NC(=O)[C@@H]1CCCN1C(=O)[C@@H](N)CC(C)C)C(=O)O. The molecule has 79 heavy (non-hydrogen) atoms. The number of primary amides is 2. The molecular formula is C47H79N17O15. The number of amides is 11. The van der Waals surface area contributed by atoms with E-state index < -0.39 is 151 Å². The number of hydrogen-bond acceptors (Lipinski definition) is 16. The van der Waals surface area contributed by atoms with Crippen LogP contribution in [-0.4, -0.2) is 188 Å². The third-order valence-electron chi connectivity index (χ3n) is 12.1. The van der Waals surface area contributed by atoms with Crippen LogP contribution in [0.1, 0.15) is 104 Å². The summed E-state index contributed by atoms with van der Waals surface area (Å²) in [5, 5.41) is 48.9. The molecule has 32 heteroatoms. The lowest BCUT2D eigenvalue weighted by Crippen LogP contribution is -2.61. The third-order valence-corrected chi connectivity index (χ3v) is 12.1. The molecule has 22 N–H and O–H groups in total. The number of nitrogens with one attached hydrogen (secondary N) is 9. The van der Waals surface area contributed by atoms with Gasteiger partial charge in [-0.25, -0.2) is 14.6 Å². The second-order valence-electron chi connectivity index (χ2n) is 19.8. The molecule has 0 saturated carbocycles. The molecule has 2 heterocycles. The van der Waals surface area contributed by atoms with E-state index in [0.717, 1.165) is 0 Å². The van der Waals surface area contributed by atoms with Crippen LogP contribution in [0.3, 0.4) is 0 Å². The molecule has 11 amide bonds. The lowest BCUT2D eigenvalue weighted by atomic mass is 10.0. The Kier molecular flexibility index (Phi) is 28.7. The van der Waals surface area contributed by atoms with Crippen molar-refractivity contribution in [1.82, 2.24) is 57.4 Å². The summed E-state index contributed by atoms with van der Waals surface area (Å²) in [7, 11) is 0. The van der Waals surface area contributed by atoms with Crippen LogP contribution >= 0.6 is 0 Å². The first-order valence-corrected chi connectivity index (χ1v) is 25.7. The summed E-state index contributed by atoms with van der Waals surface area (Å²) < 4.78 is 0. The number of aromatic amines is 1. The van der Waals surface area contributed by atoms with Crippen LogP contribution in [-0.2, 0) is 59.2 Å². The Balaban J connectivity index is 2.47. The third kappa shape index (κ3) is 24.8. The number of aliphatic hydroxyl groups excluding tert-OH is 1. The second-order valence-corrected chi connectivity index (χ2v) is 19.8. The zero-order valence-electron chi connectivity index (χ0n) is 44.8. The average Bonchev–Trinajstić information content (AvgIpc) is 4.08. The number of imidazole rings is 1. The number of aliphatic hydroxyl groups is 1. The van der Waals surface area contributed by atoms with Crippen LogP contribution in [0.15, 0.2) is 17.5 Å². The Morgan fingerprint density at radius 1 is 0.696 bits per heavy atom. The van der Waals surface area contributed by atoms with Crippen molar-refractivity contribution in [1.29, 1.82) is 0 Å². The molecule has 1 aliphatic rings. The first-order valence-electron chi connectivity index (χ1n) is 25.7. The summed E-state index contributed by atoms with van der Waals surface area (Å²) in [4.78, 5) is 170. The summed E-state index contributed by atoms with van der Waals surface area (Å²) >= 11 is 0. The van der Waals surface area contributed by atoms with E-state index in [1.54, 1.807) is 13.8 Å². The van der Waals surface area contributed by atoms with Crippen LogP contribution in [0.25, 0.3) is 0 Å². The topological polar surface area (TPSA) is 536 Å². The summed E-state index contributed by atoms with van der Waals surface area (Å²) in [6.07, 6.45) is 0.529. The van der Waals surface area contributed by atoms with Crippen molar-refractivity contribution in [3.05, 3.63) is 18.2 Å². The van der Waals surface area contributed by atoms with Crippen molar-refractivity contribution < 1.29 is 72.9 Å². The molecule has 1 fully saturated rings. The zero-order valence-corrected chi connectivity index (χ0v) is 44.8. The fraction of sp³-hybridized carbons (Fsp3) is 0.660. The number of urea groups is 1. The van der Waals surface area contributed by atoms with Crippen molar-refractivity contribution in [3.8, 4) is 0 Å². The Bertz CT molecular complexity index is 2300. The maximum absolute atomic E-state index is 14.2. The number of aliphatic imine (C=N–C) groups is 1. The van der Waals surface area contributed by atoms with Gasteiger partial charge in [-0.05, 0) is 69.6 Å². The molecule has 2 rings (SSSR count). The summed E-state index contributed by atoms with van der Waals surface area (Å²) in [6.45, 7) is 6.15. The molecule has 1 saturated heterocycles. The minimum Gasteiger partial charge on any atom is -0.481 e. The predicted octanol–water partition coefficient (Wildman–Crippen LogP) is -5.92. The van der Waals surface area contributed by atoms with Gasteiger partial charge >= 0.3 is 18.0 Å². The van der Waals surface area contributed by atoms with Gasteiger partial charge < -0.3 is 96.4 Å². The molecule has 442 valence electrons. The highest BCUT2D eigenvalue weighted by atomic mass is 16.4. The van der Waals surface area contributed by atoms with E-state index in [2.05, 4.69) is 57.5 Å². The minimum atomic E-state index is -2.01. The standard InChI is InChI=1S/C47H79N17O15/c1-23(2)16-26(48)44(76)64-15-7-10-34(64)43(75)63-33(21-65)42(74)58-28(9-6-14-55-47(52)79)38(70)61-31(19-36(67)68)41(73)57-27(8-5-13-54-46(50)51)37(69)59-29(11-12-35(49)66)39(71)60-30(18-25-20-53-22-56-25)40(72)62-32(45(77)78)17-24(3)4/h20,22-24,26-34,65H,5-19,21,48H2,1-4H3,(H2,49,66)(H,53,56)(H,57,73)(H,58,74)(H,59,69)(H,60,71)(H,61,70)(H,62,72)(H,63,75)(H,67,68)(H,77,78)(H4,50,51,54)(H3,52,55,79)/t26-,27-,28-,29-,30-,31-,32-,33-,34-/m0/s1. The number of H-pyrrole nitrogens is 1. The molecule has 1 aliphatic heterocycles. The lowest BCUT2D eigenvalue weighted by molar-refractivity contribution is -0.143. The maximum atomic E-state index is 14.2. The minimum absolute atomic E-state index is 0.0242. The highest BCUT2D eigenvalue weighted by Crippen LogP contribution is 2.20. The number of rotatable bonds is 36. The van der Waals surface area contributed by atoms with Gasteiger partial charge in [0.15, 0.2) is 5.96 Å². The number of hydrogen-bond donors (Lipinski definition) is 17. The summed E-state index contributed by atoms with van der Waals surface area (Å²) in [5.41, 5.74) is 27.9. The molecule has 1 aromatic heterocycles. The molecule has 0 spiro atoms. The Morgan fingerprint density at radius 2 is 1.22 bits per heavy atom. The summed E-state index contributed by atoms with van der Waals surface area (Å²) in [5.74, 6) is -12.3. The quantitative estimate of drug-likeness (QED) is 0.0169. The number of nitrogens with two attached hydrogens (primary N) is 5. The molecule has 1 aromatic rings. The second kappa shape index (κ2) is 33.9. The van der Waals surface area contributed by atoms with E-state index in [9.17, 15) is 72.9 Å². The summed E-state index contributed by atoms with van der Waals surface area (Å²) in [6, 6.07) is -14.5. The monoisotopic (exact) mass is 1120 g/mol. The van der Waals surface area contributed by atoms with Crippen molar-refractivity contribution in [2.24, 2.45) is 45.5 Å². The van der Waals surface area contributed by atoms with Crippen LogP contribution in [0.4, 0.5) is 4.79 Å². The van der Waals surface area contributed by atoms with Gasteiger partial charge in [0.25, 0.3) is 0 Å². The van der Waals surface area contributed by atoms with Crippen molar-refractivity contribution in [3.63, 3.8) is 0 Å². The molecule has 0 unspecified atom stereocenters. The Labute approximate surface area is 455 Å². The number of carboxylic acids is 2. The molecular weight excluding hydrogens is 1040 g/mol. The van der Waals surface area contributed by atoms with Gasteiger partial charge in [-0.2, -0.15) is 0 Å². The highest BCUT2D eigenvalue weighted by molar-refractivity contribution is 5.99. The smallest absolute Gasteiger partial charge is 0.326 e. The Hall–Kier alpha value is -8.16. The number of likely N-dealkylation sites (tertiary alicyclic amines) is 1. The largest absolute Gasteiger partial charge is 0.481 e. The maximum Gasteiger partial charge on any atom is 0.326 e. The number of nitrogens with zero attached hydrogens (tertiary/aromatic N) is 3. The van der Waals surface area contributed by atoms with Gasteiger partial charge in [-0.3, -0.25) is 52.9 Å². The molecule has 0 radical (unpaired) electrons. The van der Waals surface area contributed by atoms with Crippen molar-refractivity contribution in [2.75, 3.05) is 26.2 Å². The molecule has 9 atom stereocenters. The van der Waals surface area contributed by atoms with E-state index in [4.69, 9.17) is 28.7 Å². The fourth-order valence-corrected chi connectivity index (χ4v) is 8.24. The van der Waals surface area contributed by atoms with Gasteiger partial charge in [-0.15, -0.1) is 0 Å². The average molecular weight is 1120 g/mol. The molecule has 32 nitrogen and oxygen atoms in total. The Morgan fingerprint density at radius 3 is 1.72 bits per heavy atom. The van der Waals surface area contributed by atoms with E-state index in [1.807, 2.05) is 13.8 Å². The van der Waals surface area contributed by atoms with Crippen LogP contribution in [0, 0.1) is 11.8 Å². The number of aromatic nitrogens is 2. The number of aliphatic carboxylic acids is 2. The van der Waals surface area contributed by atoms with Crippen molar-refractivity contribution in [2.45, 2.75) is 159 Å². The number of guanidine groups is 1. The number of carbonyl (C=O) groups is 12. The van der Waals surface area contributed by atoms with Crippen LogP contribution in [0.2, 0.25) is 0 Å². The van der Waals surface area contributed by atoms with Gasteiger partial charge in [0.05, 0.1) is 25.4 Å². The van der Waals surface area contributed by atoms with Gasteiger partial charge in [0.2, 0.25) is 53.2 Å². The number of carbonyl (C=O) groups excluding carboxylic acids is 10. The molecule has 0 aromatic carbocycles. The first-order chi connectivity index (χ1) is 37.1. The zero-order chi connectivity index (χ0) is 59.5. The van der Waals surface area contributed by atoms with E-state index in [-0.39, 0.29) is 82.4 Å². The van der Waals surface area contributed by atoms with Gasteiger partial charge in [0, 0.05) is 44.4 Å². The lowest BCUT2D eigenvalue weighted by Gasteiger charge is -2.29. The van der Waals surface area contributed by atoms with Gasteiger partial charge in [-0.1, -0.05) is 27.7 Å². The normalized spacial score (nSPS) is 16.1. The van der Waals surface area contributed by atoms with E-state index >= 15 is 0 Å².